The Bertz CT molecular complexity index is 2520. The van der Waals surface area contributed by atoms with Gasteiger partial charge in [0, 0.05) is 59.1 Å². The van der Waals surface area contributed by atoms with Gasteiger partial charge in [0.15, 0.2) is 11.6 Å². The quantitative estimate of drug-likeness (QED) is 0.0410. The Kier molecular flexibility index (Phi) is 13.4. The van der Waals surface area contributed by atoms with Crippen LogP contribution in [-0.2, 0) is 16.0 Å². The lowest BCUT2D eigenvalue weighted by Gasteiger charge is -2.14. The number of phenolic OH excluding ortho intramolecular Hbond substituents is 2. The van der Waals surface area contributed by atoms with Gasteiger partial charge < -0.3 is 36.4 Å². The van der Waals surface area contributed by atoms with E-state index in [9.17, 15) is 54.5 Å². The number of amides is 3. The summed E-state index contributed by atoms with van der Waals surface area (Å²) in [4.78, 5) is 76.1. The van der Waals surface area contributed by atoms with Crippen molar-refractivity contribution in [3.63, 3.8) is 0 Å². The lowest BCUT2D eigenvalue weighted by atomic mass is 9.94. The van der Waals surface area contributed by atoms with Crippen LogP contribution in [0.1, 0.15) is 77.9 Å². The minimum absolute atomic E-state index is 0.107. The largest absolute Gasteiger partial charge is 0.508 e. The summed E-state index contributed by atoms with van der Waals surface area (Å²) in [6.07, 6.45) is 1.35. The lowest BCUT2D eigenvalue weighted by molar-refractivity contribution is -0.119. The van der Waals surface area contributed by atoms with Crippen molar-refractivity contribution in [1.82, 2.24) is 0 Å². The van der Waals surface area contributed by atoms with Crippen molar-refractivity contribution in [2.75, 3.05) is 16.0 Å². The molecular weight excluding hydrogens is 757 g/mol. The second-order valence-corrected chi connectivity index (χ2v) is 13.5. The highest BCUT2D eigenvalue weighted by Crippen LogP contribution is 2.30. The minimum Gasteiger partial charge on any atom is -0.508 e. The molecule has 0 bridgehead atoms. The van der Waals surface area contributed by atoms with E-state index in [0.717, 1.165) is 17.7 Å². The average Bonchev–Trinajstić information content (AvgIpc) is 3.20. The number of benzene rings is 5. The fourth-order valence-electron chi connectivity index (χ4n) is 5.90. The van der Waals surface area contributed by atoms with Crippen molar-refractivity contribution >= 4 is 58.4 Å². The van der Waals surface area contributed by atoms with E-state index in [2.05, 4.69) is 16.0 Å². The van der Waals surface area contributed by atoms with Gasteiger partial charge in [-0.15, -0.1) is 0 Å². The second kappa shape index (κ2) is 18.7. The molecule has 5 aromatic rings. The van der Waals surface area contributed by atoms with E-state index in [1.54, 1.807) is 49.4 Å². The Balaban J connectivity index is 1.14. The van der Waals surface area contributed by atoms with E-state index in [4.69, 9.17) is 0 Å². The van der Waals surface area contributed by atoms with Crippen LogP contribution in [0.2, 0.25) is 0 Å². The lowest BCUT2D eigenvalue weighted by Crippen LogP contribution is -2.25. The Morgan fingerprint density at radius 1 is 0.729 bits per heavy atom. The maximum atomic E-state index is 13.2. The first kappa shape index (κ1) is 42.1. The van der Waals surface area contributed by atoms with E-state index in [1.807, 2.05) is 6.07 Å². The molecule has 0 heterocycles. The molecule has 298 valence electrons. The summed E-state index contributed by atoms with van der Waals surface area (Å²) in [7, 11) is 0. The number of aromatic carboxylic acids is 1. The fourth-order valence-corrected chi connectivity index (χ4v) is 5.90. The molecule has 0 saturated heterocycles. The summed E-state index contributed by atoms with van der Waals surface area (Å²) in [5.41, 5.74) is 2.69. The SMILES string of the molecule is C/C(=C\c1ccc(O)cc1)C(=O)Cc1ccc(C(=O)CC(CC#N)C(=O)Nc2ccc(C(=O)Nc3ccc(C(=O)Nc4ccc(C(=O)O)c(O)c4C)c(O)c3)cc2)cc1. The van der Waals surface area contributed by atoms with Gasteiger partial charge in [-0.25, -0.2) is 4.79 Å². The predicted octanol–water partition coefficient (Wildman–Crippen LogP) is 7.27. The zero-order valence-electron chi connectivity index (χ0n) is 31.8. The number of phenols is 3. The molecule has 0 aliphatic rings. The Labute approximate surface area is 338 Å². The molecule has 0 fully saturated rings. The van der Waals surface area contributed by atoms with Gasteiger partial charge in [-0.2, -0.15) is 5.26 Å². The molecule has 0 saturated carbocycles. The van der Waals surface area contributed by atoms with Gasteiger partial charge in [0.1, 0.15) is 22.8 Å². The third-order valence-electron chi connectivity index (χ3n) is 9.32. The number of carboxylic acids is 1. The molecule has 0 spiro atoms. The van der Waals surface area contributed by atoms with E-state index < -0.39 is 41.1 Å². The second-order valence-electron chi connectivity index (χ2n) is 13.5. The van der Waals surface area contributed by atoms with Crippen LogP contribution < -0.4 is 16.0 Å². The smallest absolute Gasteiger partial charge is 0.339 e. The standard InChI is InChI=1S/C45H38N4O10/c1-25(21-27-5-14-34(50)15-6-27)38(51)22-28-3-7-29(8-4-28)39(52)23-31(19-20-46)43(56)47-32-11-9-30(10-12-32)42(55)48-33-13-16-35(40(53)24-33)44(57)49-37-18-17-36(45(58)59)41(54)26(37)2/h3-18,21,24,31,50,53-54H,19,22-23H2,1-2H3,(H,47,56)(H,48,55)(H,49,57)(H,58,59)/b25-21+. The number of carbonyl (C=O) groups excluding carboxylic acids is 5. The molecule has 0 aromatic heterocycles. The third-order valence-corrected chi connectivity index (χ3v) is 9.32. The van der Waals surface area contributed by atoms with Crippen LogP contribution >= 0.6 is 0 Å². The van der Waals surface area contributed by atoms with E-state index in [1.165, 1.54) is 61.5 Å². The van der Waals surface area contributed by atoms with Crippen molar-refractivity contribution < 1.29 is 49.2 Å². The van der Waals surface area contributed by atoms with Crippen LogP contribution in [0.25, 0.3) is 6.08 Å². The molecule has 0 radical (unpaired) electrons. The van der Waals surface area contributed by atoms with Crippen molar-refractivity contribution in [2.45, 2.75) is 33.1 Å². The van der Waals surface area contributed by atoms with Gasteiger partial charge in [-0.1, -0.05) is 36.4 Å². The van der Waals surface area contributed by atoms with Crippen LogP contribution in [0, 0.1) is 24.2 Å². The number of rotatable bonds is 15. The number of hydrogen-bond acceptors (Lipinski definition) is 10. The zero-order chi connectivity index (χ0) is 42.8. The van der Waals surface area contributed by atoms with Gasteiger partial charge >= 0.3 is 5.97 Å². The van der Waals surface area contributed by atoms with Crippen LogP contribution in [0.3, 0.4) is 0 Å². The first-order valence-electron chi connectivity index (χ1n) is 18.1. The number of nitrogens with one attached hydrogen (secondary N) is 3. The van der Waals surface area contributed by atoms with Crippen molar-refractivity contribution in [3.8, 4) is 23.3 Å². The first-order chi connectivity index (χ1) is 28.1. The highest BCUT2D eigenvalue weighted by atomic mass is 16.4. The molecule has 1 unspecified atom stereocenters. The molecule has 14 heteroatoms. The number of allylic oxidation sites excluding steroid dienone is 1. The van der Waals surface area contributed by atoms with Gasteiger partial charge in [0.2, 0.25) is 5.91 Å². The van der Waals surface area contributed by atoms with Crippen molar-refractivity contribution in [2.24, 2.45) is 5.92 Å². The van der Waals surface area contributed by atoms with E-state index in [0.29, 0.717) is 22.4 Å². The van der Waals surface area contributed by atoms with Crippen LogP contribution in [0.15, 0.2) is 109 Å². The summed E-state index contributed by atoms with van der Waals surface area (Å²) >= 11 is 0. The molecule has 0 aliphatic heterocycles. The summed E-state index contributed by atoms with van der Waals surface area (Å²) in [6.45, 7) is 3.12. The molecule has 5 rings (SSSR count). The van der Waals surface area contributed by atoms with Crippen LogP contribution in [-0.4, -0.2) is 55.7 Å². The fraction of sp³-hybridized carbons (Fsp3) is 0.133. The molecule has 3 amide bonds. The van der Waals surface area contributed by atoms with Gasteiger partial charge in [-0.3, -0.25) is 24.0 Å². The Morgan fingerprint density at radius 3 is 1.98 bits per heavy atom. The Hall–Kier alpha value is -8.05. The van der Waals surface area contributed by atoms with Crippen LogP contribution in [0.5, 0.6) is 17.2 Å². The Morgan fingerprint density at radius 2 is 1.36 bits per heavy atom. The molecule has 59 heavy (non-hydrogen) atoms. The number of nitriles is 1. The van der Waals surface area contributed by atoms with E-state index >= 15 is 0 Å². The van der Waals surface area contributed by atoms with Gasteiger partial charge in [-0.05, 0) is 97.3 Å². The summed E-state index contributed by atoms with van der Waals surface area (Å²) in [5, 5.41) is 56.5. The predicted molar refractivity (Wildman–Crippen MR) is 218 cm³/mol. The average molecular weight is 795 g/mol. The van der Waals surface area contributed by atoms with Crippen LogP contribution in [0.4, 0.5) is 17.1 Å². The number of nitrogens with zero attached hydrogens (tertiary/aromatic N) is 1. The third kappa shape index (κ3) is 10.8. The maximum Gasteiger partial charge on any atom is 0.339 e. The highest BCUT2D eigenvalue weighted by molar-refractivity contribution is 6.09. The number of anilines is 3. The summed E-state index contributed by atoms with van der Waals surface area (Å²) < 4.78 is 0. The number of carbonyl (C=O) groups is 6. The van der Waals surface area contributed by atoms with Gasteiger partial charge in [0.05, 0.1) is 17.6 Å². The highest BCUT2D eigenvalue weighted by Gasteiger charge is 2.24. The first-order valence-corrected chi connectivity index (χ1v) is 18.1. The number of aromatic hydroxyl groups is 3. The minimum atomic E-state index is -1.34. The van der Waals surface area contributed by atoms with Crippen molar-refractivity contribution in [1.29, 1.82) is 5.26 Å². The molecular formula is C45H38N4O10. The number of carboxylic acid groups (broad SMARTS) is 1. The topological polar surface area (TPSA) is 243 Å². The summed E-state index contributed by atoms with van der Waals surface area (Å²) in [6, 6.07) is 26.9. The molecule has 5 aromatic carbocycles. The number of Topliss-reactive ketones (excluding diaryl/α,β-unsaturated/α-hetero) is 2. The molecule has 0 aliphatic carbocycles. The van der Waals surface area contributed by atoms with E-state index in [-0.39, 0.29) is 70.2 Å². The number of ketones is 2. The number of hydrogen-bond donors (Lipinski definition) is 7. The van der Waals surface area contributed by atoms with Crippen molar-refractivity contribution in [3.05, 3.63) is 148 Å². The maximum absolute atomic E-state index is 13.2. The molecule has 7 N–H and O–H groups in total. The molecule has 14 nitrogen and oxygen atoms in total. The summed E-state index contributed by atoms with van der Waals surface area (Å²) in [5.74, 6) is -5.55. The van der Waals surface area contributed by atoms with Gasteiger partial charge in [0.25, 0.3) is 11.8 Å². The monoisotopic (exact) mass is 794 g/mol. The normalized spacial score (nSPS) is 11.4. The zero-order valence-corrected chi connectivity index (χ0v) is 31.8. The molecule has 1 atom stereocenters.